The summed E-state index contributed by atoms with van der Waals surface area (Å²) in [5, 5.41) is 3.40. The van der Waals surface area contributed by atoms with Gasteiger partial charge in [-0.25, -0.2) is 18.5 Å². The molecule has 0 spiro atoms. The summed E-state index contributed by atoms with van der Waals surface area (Å²) in [6.07, 6.45) is -0.497. The van der Waals surface area contributed by atoms with Crippen LogP contribution >= 0.6 is 0 Å². The molecule has 0 aromatic heterocycles. The van der Waals surface area contributed by atoms with Crippen LogP contribution in [0.3, 0.4) is 0 Å². The smallest absolute Gasteiger partial charge is 0.417 e. The van der Waals surface area contributed by atoms with Crippen LogP contribution in [0.25, 0.3) is 0 Å². The molecule has 4 aromatic carbocycles. The Balaban J connectivity index is 1.61. The molecule has 0 bridgehead atoms. The fourth-order valence-corrected chi connectivity index (χ4v) is 7.51. The Hall–Kier alpha value is -4.67. The van der Waals surface area contributed by atoms with Crippen molar-refractivity contribution in [1.82, 2.24) is 4.90 Å². The summed E-state index contributed by atoms with van der Waals surface area (Å²) in [5.41, 5.74) is 3.86. The number of amides is 2. The molecule has 51 heavy (non-hydrogen) atoms. The van der Waals surface area contributed by atoms with E-state index in [1.165, 1.54) is 29.2 Å². The first-order valence-electron chi connectivity index (χ1n) is 17.3. The predicted octanol–water partition coefficient (Wildman–Crippen LogP) is 10.2. The minimum Gasteiger partial charge on any atom is -0.446 e. The quantitative estimate of drug-likeness (QED) is 0.104. The second-order valence-electron chi connectivity index (χ2n) is 14.6. The predicted molar refractivity (Wildman–Crippen MR) is 200 cm³/mol. The molecule has 7 nitrogen and oxygen atoms in total. The van der Waals surface area contributed by atoms with Crippen molar-refractivity contribution in [2.75, 3.05) is 11.9 Å². The Morgan fingerprint density at radius 2 is 1.59 bits per heavy atom. The third-order valence-electron chi connectivity index (χ3n) is 10.0. The number of cyclic esters (lactones) is 1. The van der Waals surface area contributed by atoms with Crippen molar-refractivity contribution in [3.05, 3.63) is 137 Å². The van der Waals surface area contributed by atoms with E-state index in [2.05, 4.69) is 50.9 Å². The van der Waals surface area contributed by atoms with E-state index < -0.39 is 44.4 Å². The molecule has 0 aliphatic carbocycles. The van der Waals surface area contributed by atoms with E-state index in [1.54, 1.807) is 24.3 Å². The molecule has 5 rings (SSSR count). The van der Waals surface area contributed by atoms with Gasteiger partial charge in [-0.15, -0.1) is 0 Å². The lowest BCUT2D eigenvalue weighted by Crippen LogP contribution is -2.43. The minimum atomic E-state index is -2.36. The van der Waals surface area contributed by atoms with E-state index in [-0.39, 0.29) is 29.7 Å². The first-order chi connectivity index (χ1) is 24.3. The third kappa shape index (κ3) is 9.17. The lowest BCUT2D eigenvalue weighted by molar-refractivity contribution is -0.134. The first-order valence-corrected chi connectivity index (χ1v) is 20.2. The summed E-state index contributed by atoms with van der Waals surface area (Å²) in [5.74, 6) is -1.98. The molecular formula is C41H47F2N3O4Si. The molecule has 1 aliphatic heterocycles. The summed E-state index contributed by atoms with van der Waals surface area (Å²) in [6.45, 7) is 14.8. The van der Waals surface area contributed by atoms with Gasteiger partial charge in [-0.05, 0) is 96.3 Å². The van der Waals surface area contributed by atoms with Gasteiger partial charge in [0.25, 0.3) is 0 Å². The zero-order chi connectivity index (χ0) is 36.8. The van der Waals surface area contributed by atoms with E-state index in [0.717, 1.165) is 22.3 Å². The molecule has 4 atom stereocenters. The van der Waals surface area contributed by atoms with E-state index in [4.69, 9.17) is 9.16 Å². The molecule has 10 heteroatoms. The molecule has 268 valence electrons. The highest BCUT2D eigenvalue weighted by atomic mass is 28.4. The zero-order valence-electron chi connectivity index (χ0n) is 29.9. The Bertz CT molecular complexity index is 1800. The highest BCUT2D eigenvalue weighted by Gasteiger charge is 2.45. The number of nitrogens with zero attached hydrogens (tertiary/aromatic N) is 2. The fraction of sp³-hybridized carbons (Fsp3) is 0.341. The van der Waals surface area contributed by atoms with Crippen molar-refractivity contribution >= 4 is 32.7 Å². The lowest BCUT2D eigenvalue weighted by Gasteiger charge is -2.40. The number of carbonyl (C=O) groups is 2. The van der Waals surface area contributed by atoms with Crippen molar-refractivity contribution in [2.45, 2.75) is 76.5 Å². The van der Waals surface area contributed by atoms with Gasteiger partial charge < -0.3 is 14.5 Å². The maximum absolute atomic E-state index is 15.1. The van der Waals surface area contributed by atoms with E-state index in [0.29, 0.717) is 18.7 Å². The standard InChI is InChI=1S/C41H47F2N3O4Si/c1-41(2,3)51(5,6)50-37(30-15-17-32(42)18-16-30)24-23-35(39(47)46-36(27-49-40(46)48)29-12-8-7-9-13-29)38(45-34-21-19-33(43)20-22-34)31-14-10-11-28(25-31)26-44-4/h7-22,25,35-38,45H,4,23-24,26-27H2,1-3,5-6H3. The highest BCUT2D eigenvalue weighted by molar-refractivity contribution is 6.74. The van der Waals surface area contributed by atoms with Crippen LogP contribution in [0.2, 0.25) is 18.1 Å². The number of halogens is 2. The van der Waals surface area contributed by atoms with Gasteiger partial charge in [0.05, 0.1) is 24.6 Å². The molecule has 1 fully saturated rings. The second-order valence-corrected chi connectivity index (χ2v) is 19.3. The van der Waals surface area contributed by atoms with Crippen molar-refractivity contribution in [3.8, 4) is 0 Å². The average Bonchev–Trinajstić information content (AvgIpc) is 3.49. The Morgan fingerprint density at radius 1 is 0.941 bits per heavy atom. The second kappa shape index (κ2) is 16.1. The van der Waals surface area contributed by atoms with Crippen LogP contribution in [0.1, 0.15) is 74.1 Å². The molecule has 0 saturated carbocycles. The number of benzene rings is 4. The Kier molecular flexibility index (Phi) is 11.9. The van der Waals surface area contributed by atoms with Crippen molar-refractivity contribution in [2.24, 2.45) is 10.9 Å². The summed E-state index contributed by atoms with van der Waals surface area (Å²) in [7, 11) is -2.36. The molecule has 1 N–H and O–H groups in total. The number of rotatable bonds is 14. The van der Waals surface area contributed by atoms with Crippen molar-refractivity contribution in [3.63, 3.8) is 0 Å². The van der Waals surface area contributed by atoms with Gasteiger partial charge in [0.15, 0.2) is 8.32 Å². The minimum absolute atomic E-state index is 0.0323. The monoisotopic (exact) mass is 711 g/mol. The average molecular weight is 712 g/mol. The maximum atomic E-state index is 15.1. The number of hydrogen-bond acceptors (Lipinski definition) is 6. The van der Waals surface area contributed by atoms with Crippen molar-refractivity contribution in [1.29, 1.82) is 0 Å². The van der Waals surface area contributed by atoms with Gasteiger partial charge in [-0.3, -0.25) is 9.79 Å². The molecule has 1 heterocycles. The molecule has 1 saturated heterocycles. The molecule has 2 amide bonds. The fourth-order valence-electron chi connectivity index (χ4n) is 6.19. The topological polar surface area (TPSA) is 80.2 Å². The largest absolute Gasteiger partial charge is 0.446 e. The zero-order valence-corrected chi connectivity index (χ0v) is 30.9. The van der Waals surface area contributed by atoms with Gasteiger partial charge in [0.1, 0.15) is 24.3 Å². The number of nitrogens with one attached hydrogen (secondary N) is 1. The summed E-state index contributed by atoms with van der Waals surface area (Å²) in [6, 6.07) is 28.1. The van der Waals surface area contributed by atoms with Crippen LogP contribution in [-0.4, -0.2) is 38.5 Å². The Labute approximate surface area is 300 Å². The van der Waals surface area contributed by atoms with Gasteiger partial charge in [-0.1, -0.05) is 87.5 Å². The number of anilines is 1. The SMILES string of the molecule is C=NCc1cccc(C(Nc2ccc(F)cc2)C(CCC(O[Si](C)(C)C(C)(C)C)c2ccc(F)cc2)C(=O)N2C(=O)OCC2c2ccccc2)c1. The van der Waals surface area contributed by atoms with Crippen LogP contribution in [0.4, 0.5) is 19.3 Å². The van der Waals surface area contributed by atoms with E-state index in [9.17, 15) is 13.6 Å². The summed E-state index contributed by atoms with van der Waals surface area (Å²) < 4.78 is 40.7. The first kappa shape index (κ1) is 37.6. The highest BCUT2D eigenvalue weighted by Crippen LogP contribution is 2.43. The molecular weight excluding hydrogens is 665 g/mol. The lowest BCUT2D eigenvalue weighted by atomic mass is 9.85. The van der Waals surface area contributed by atoms with Crippen molar-refractivity contribution < 1.29 is 27.5 Å². The number of hydrogen-bond donors (Lipinski definition) is 1. The number of carbonyl (C=O) groups excluding carboxylic acids is 2. The van der Waals surface area contributed by atoms with Crippen LogP contribution in [0.5, 0.6) is 0 Å². The molecule has 0 radical (unpaired) electrons. The number of ether oxygens (including phenoxy) is 1. The third-order valence-corrected chi connectivity index (χ3v) is 14.5. The van der Waals surface area contributed by atoms with Crippen LogP contribution in [0.15, 0.2) is 108 Å². The summed E-state index contributed by atoms with van der Waals surface area (Å²) >= 11 is 0. The van der Waals surface area contributed by atoms with Crippen LogP contribution in [0, 0.1) is 17.6 Å². The summed E-state index contributed by atoms with van der Waals surface area (Å²) in [4.78, 5) is 33.8. The van der Waals surface area contributed by atoms with Gasteiger partial charge in [0.2, 0.25) is 5.91 Å². The van der Waals surface area contributed by atoms with Gasteiger partial charge in [0, 0.05) is 5.69 Å². The number of aliphatic imine (C=N–C) groups is 1. The Morgan fingerprint density at radius 3 is 2.22 bits per heavy atom. The van der Waals surface area contributed by atoms with Crippen LogP contribution in [-0.2, 0) is 20.5 Å². The molecule has 4 unspecified atom stereocenters. The number of imide groups is 1. The van der Waals surface area contributed by atoms with Gasteiger partial charge in [-0.2, -0.15) is 0 Å². The normalized spacial score (nSPS) is 16.6. The maximum Gasteiger partial charge on any atom is 0.417 e. The molecule has 4 aromatic rings. The molecule has 1 aliphatic rings. The van der Waals surface area contributed by atoms with Crippen LogP contribution < -0.4 is 5.32 Å². The van der Waals surface area contributed by atoms with Gasteiger partial charge >= 0.3 is 6.09 Å². The van der Waals surface area contributed by atoms with E-state index >= 15 is 4.79 Å². The van der Waals surface area contributed by atoms with E-state index in [1.807, 2.05) is 54.6 Å².